The van der Waals surface area contributed by atoms with Crippen molar-refractivity contribution in [3.05, 3.63) is 54.1 Å². The van der Waals surface area contributed by atoms with Crippen LogP contribution in [0, 0.1) is 11.6 Å². The molecule has 8 nitrogen and oxygen atoms in total. The van der Waals surface area contributed by atoms with E-state index in [0.29, 0.717) is 43.8 Å². The summed E-state index contributed by atoms with van der Waals surface area (Å²) in [5.41, 5.74) is 0.358. The number of rotatable bonds is 4. The van der Waals surface area contributed by atoms with Gasteiger partial charge in [-0.1, -0.05) is 24.1 Å². The Morgan fingerprint density at radius 2 is 1.76 bits per heavy atom. The molecular formula is C23H24F2N6O2. The van der Waals surface area contributed by atoms with E-state index in [1.807, 2.05) is 12.1 Å². The predicted molar refractivity (Wildman–Crippen MR) is 118 cm³/mol. The number of hydrogen-bond donors (Lipinski definition) is 1. The molecule has 33 heavy (non-hydrogen) atoms. The van der Waals surface area contributed by atoms with E-state index in [1.54, 1.807) is 6.20 Å². The Hall–Kier alpha value is -3.56. The zero-order valence-electron chi connectivity index (χ0n) is 18.0. The lowest BCUT2D eigenvalue weighted by Crippen LogP contribution is -2.50. The van der Waals surface area contributed by atoms with Crippen LogP contribution in [0.3, 0.4) is 0 Å². The summed E-state index contributed by atoms with van der Waals surface area (Å²) in [6.45, 7) is 1.91. The smallest absolute Gasteiger partial charge is 0.322 e. The van der Waals surface area contributed by atoms with Crippen molar-refractivity contribution in [2.24, 2.45) is 0 Å². The molecule has 2 amide bonds. The highest BCUT2D eigenvalue weighted by atomic mass is 19.1. The van der Waals surface area contributed by atoms with Crippen LogP contribution in [0.1, 0.15) is 37.5 Å². The fourth-order valence-electron chi connectivity index (χ4n) is 4.34. The lowest BCUT2D eigenvalue weighted by molar-refractivity contribution is 0.208. The number of carbonyl (C=O) groups excluding carboxylic acids is 1. The quantitative estimate of drug-likeness (QED) is 0.628. The van der Waals surface area contributed by atoms with Crippen LogP contribution >= 0.6 is 0 Å². The Morgan fingerprint density at radius 3 is 2.42 bits per heavy atom. The van der Waals surface area contributed by atoms with E-state index in [2.05, 4.69) is 25.3 Å². The normalized spacial score (nSPS) is 16.9. The molecule has 5 rings (SSSR count). The van der Waals surface area contributed by atoms with Crippen LogP contribution in [0.15, 0.2) is 41.1 Å². The van der Waals surface area contributed by atoms with Gasteiger partial charge in [0.15, 0.2) is 0 Å². The zero-order chi connectivity index (χ0) is 22.8. The minimum Gasteiger partial charge on any atom is -0.353 e. The molecule has 0 radical (unpaired) electrons. The van der Waals surface area contributed by atoms with Gasteiger partial charge in [-0.25, -0.2) is 18.6 Å². The number of hydrogen-bond acceptors (Lipinski definition) is 6. The third kappa shape index (κ3) is 4.50. The summed E-state index contributed by atoms with van der Waals surface area (Å²) < 4.78 is 33.0. The standard InChI is InChI=1S/C23H24F2N6O2/c24-17-6-3-7-18(25)20(17)27-23(32)31-12-10-30(11-13-31)19-9-8-16(14-26-19)21-28-22(33-29-21)15-4-1-2-5-15/h3,6-9,14-15H,1-2,4-5,10-13H2,(H,27,32). The van der Waals surface area contributed by atoms with Crippen molar-refractivity contribution in [2.75, 3.05) is 36.4 Å². The van der Waals surface area contributed by atoms with Crippen molar-refractivity contribution in [2.45, 2.75) is 31.6 Å². The molecule has 1 saturated carbocycles. The molecule has 1 aliphatic carbocycles. The zero-order valence-corrected chi connectivity index (χ0v) is 18.0. The van der Waals surface area contributed by atoms with Crippen molar-refractivity contribution in [3.63, 3.8) is 0 Å². The highest BCUT2D eigenvalue weighted by Crippen LogP contribution is 2.34. The Kier molecular flexibility index (Phi) is 5.89. The first-order chi connectivity index (χ1) is 16.1. The highest BCUT2D eigenvalue weighted by molar-refractivity contribution is 5.89. The van der Waals surface area contributed by atoms with Gasteiger partial charge in [-0.05, 0) is 37.1 Å². The number of carbonyl (C=O) groups is 1. The number of aromatic nitrogens is 3. The topological polar surface area (TPSA) is 87.4 Å². The third-order valence-corrected chi connectivity index (χ3v) is 6.24. The van der Waals surface area contributed by atoms with Gasteiger partial charge >= 0.3 is 6.03 Å². The fourth-order valence-corrected chi connectivity index (χ4v) is 4.34. The largest absolute Gasteiger partial charge is 0.353 e. The molecule has 2 fully saturated rings. The number of piperazine rings is 1. The van der Waals surface area contributed by atoms with Gasteiger partial charge in [0.25, 0.3) is 0 Å². The van der Waals surface area contributed by atoms with Crippen molar-refractivity contribution < 1.29 is 18.1 Å². The first kappa shape index (κ1) is 21.3. The Morgan fingerprint density at radius 1 is 1.03 bits per heavy atom. The molecule has 1 N–H and O–H groups in total. The Bertz CT molecular complexity index is 1100. The molecule has 2 aliphatic rings. The van der Waals surface area contributed by atoms with Gasteiger partial charge < -0.3 is 19.6 Å². The number of benzene rings is 1. The van der Waals surface area contributed by atoms with Crippen molar-refractivity contribution in [1.29, 1.82) is 0 Å². The van der Waals surface area contributed by atoms with E-state index in [0.717, 1.165) is 36.4 Å². The van der Waals surface area contributed by atoms with Gasteiger partial charge in [0.1, 0.15) is 23.1 Å². The number of anilines is 2. The van der Waals surface area contributed by atoms with E-state index >= 15 is 0 Å². The summed E-state index contributed by atoms with van der Waals surface area (Å²) in [4.78, 5) is 25.1. The van der Waals surface area contributed by atoms with Gasteiger partial charge in [-0.3, -0.25) is 0 Å². The average Bonchev–Trinajstić information content (AvgIpc) is 3.54. The van der Waals surface area contributed by atoms with Gasteiger partial charge in [-0.15, -0.1) is 0 Å². The molecule has 2 aromatic heterocycles. The van der Waals surface area contributed by atoms with Crippen LogP contribution in [0.2, 0.25) is 0 Å². The lowest BCUT2D eigenvalue weighted by atomic mass is 10.1. The van der Waals surface area contributed by atoms with Crippen LogP contribution in [-0.4, -0.2) is 52.2 Å². The molecular weight excluding hydrogens is 430 g/mol. The van der Waals surface area contributed by atoms with Gasteiger partial charge in [0.05, 0.1) is 0 Å². The predicted octanol–water partition coefficient (Wildman–Crippen LogP) is 4.42. The monoisotopic (exact) mass is 454 g/mol. The summed E-state index contributed by atoms with van der Waals surface area (Å²) in [5.74, 6) is 0.779. The number of para-hydroxylation sites is 1. The van der Waals surface area contributed by atoms with Crippen LogP contribution < -0.4 is 10.2 Å². The number of urea groups is 1. The summed E-state index contributed by atoms with van der Waals surface area (Å²) >= 11 is 0. The van der Waals surface area contributed by atoms with E-state index in [1.165, 1.54) is 23.8 Å². The summed E-state index contributed by atoms with van der Waals surface area (Å²) in [5, 5.41) is 6.44. The maximum Gasteiger partial charge on any atom is 0.322 e. The average molecular weight is 454 g/mol. The number of amides is 2. The van der Waals surface area contributed by atoms with E-state index in [-0.39, 0.29) is 0 Å². The molecule has 172 valence electrons. The molecule has 3 aromatic rings. The molecule has 3 heterocycles. The molecule has 1 aliphatic heterocycles. The number of halogens is 2. The maximum atomic E-state index is 13.8. The molecule has 1 aromatic carbocycles. The summed E-state index contributed by atoms with van der Waals surface area (Å²) in [6, 6.07) is 6.74. The number of pyridine rings is 1. The van der Waals surface area contributed by atoms with E-state index in [4.69, 9.17) is 4.52 Å². The first-order valence-electron chi connectivity index (χ1n) is 11.1. The minimum absolute atomic E-state index is 0.363. The molecule has 10 heteroatoms. The molecule has 0 unspecified atom stereocenters. The second-order valence-electron chi connectivity index (χ2n) is 8.34. The number of nitrogens with zero attached hydrogens (tertiary/aromatic N) is 5. The maximum absolute atomic E-state index is 13.8. The van der Waals surface area contributed by atoms with E-state index < -0.39 is 23.4 Å². The first-order valence-corrected chi connectivity index (χ1v) is 11.1. The molecule has 0 bridgehead atoms. The van der Waals surface area contributed by atoms with Crippen LogP contribution in [0.4, 0.5) is 25.1 Å². The molecule has 1 saturated heterocycles. The Labute approximate surface area is 189 Å². The fraction of sp³-hybridized carbons (Fsp3) is 0.391. The number of nitrogens with one attached hydrogen (secondary N) is 1. The lowest BCUT2D eigenvalue weighted by Gasteiger charge is -2.35. The second kappa shape index (κ2) is 9.13. The van der Waals surface area contributed by atoms with Gasteiger partial charge in [-0.2, -0.15) is 4.98 Å². The highest BCUT2D eigenvalue weighted by Gasteiger charge is 2.25. The van der Waals surface area contributed by atoms with Gasteiger partial charge in [0.2, 0.25) is 11.7 Å². The van der Waals surface area contributed by atoms with Crippen LogP contribution in [0.25, 0.3) is 11.4 Å². The SMILES string of the molecule is O=C(Nc1c(F)cccc1F)N1CCN(c2ccc(-c3noc(C4CCCC4)n3)cn2)CC1. The third-order valence-electron chi connectivity index (χ3n) is 6.24. The molecule has 0 atom stereocenters. The summed E-state index contributed by atoms with van der Waals surface area (Å²) in [6.07, 6.45) is 6.32. The van der Waals surface area contributed by atoms with Gasteiger partial charge in [0, 0.05) is 43.9 Å². The van der Waals surface area contributed by atoms with Crippen molar-refractivity contribution >= 4 is 17.5 Å². The van der Waals surface area contributed by atoms with Crippen molar-refractivity contribution in [1.82, 2.24) is 20.0 Å². The second-order valence-corrected chi connectivity index (χ2v) is 8.34. The van der Waals surface area contributed by atoms with Crippen LogP contribution in [0.5, 0.6) is 0 Å². The van der Waals surface area contributed by atoms with Crippen molar-refractivity contribution in [3.8, 4) is 11.4 Å². The Balaban J connectivity index is 1.18. The molecule has 0 spiro atoms. The summed E-state index contributed by atoms with van der Waals surface area (Å²) in [7, 11) is 0. The minimum atomic E-state index is -0.803. The van der Waals surface area contributed by atoms with E-state index in [9.17, 15) is 13.6 Å². The van der Waals surface area contributed by atoms with Crippen LogP contribution in [-0.2, 0) is 0 Å².